The molecule has 2 amide bonds. The quantitative estimate of drug-likeness (QED) is 0.411. The van der Waals surface area contributed by atoms with Gasteiger partial charge < -0.3 is 25.2 Å². The molecule has 1 aromatic carbocycles. The van der Waals surface area contributed by atoms with Gasteiger partial charge in [0.25, 0.3) is 5.91 Å². The predicted molar refractivity (Wildman–Crippen MR) is 124 cm³/mol. The van der Waals surface area contributed by atoms with E-state index in [0.717, 1.165) is 4.57 Å². The SMILES string of the molecule is Cl.N[C@@H](CC(=O)N1CCn2c(C(F)(F)F)nc(C(=O)N3CCC[C@@H]3CO)c2C1)Cc1cc(F)c(F)cc1F. The lowest BCUT2D eigenvalue weighted by Gasteiger charge is -2.31. The number of aromatic nitrogens is 2. The zero-order chi connectivity index (χ0) is 27.1. The van der Waals surface area contributed by atoms with E-state index in [1.54, 1.807) is 0 Å². The molecule has 0 saturated carbocycles. The van der Waals surface area contributed by atoms with Crippen molar-refractivity contribution in [3.8, 4) is 0 Å². The molecule has 38 heavy (non-hydrogen) atoms. The second kappa shape index (κ2) is 11.5. The van der Waals surface area contributed by atoms with E-state index < -0.39 is 59.0 Å². The molecule has 1 saturated heterocycles. The minimum absolute atomic E-state index is 0. The number of hydrogen-bond acceptors (Lipinski definition) is 5. The summed E-state index contributed by atoms with van der Waals surface area (Å²) in [5.74, 6) is -6.21. The van der Waals surface area contributed by atoms with Gasteiger partial charge in [0, 0.05) is 38.2 Å². The highest BCUT2D eigenvalue weighted by atomic mass is 35.5. The van der Waals surface area contributed by atoms with Gasteiger partial charge in [-0.05, 0) is 30.9 Å². The van der Waals surface area contributed by atoms with Gasteiger partial charge in [0.05, 0.1) is 24.9 Å². The van der Waals surface area contributed by atoms with Crippen LogP contribution in [0.25, 0.3) is 0 Å². The first-order valence-corrected chi connectivity index (χ1v) is 11.7. The number of carbonyl (C=O) groups excluding carboxylic acids is 2. The fourth-order valence-electron chi connectivity index (χ4n) is 4.83. The number of imidazole rings is 1. The summed E-state index contributed by atoms with van der Waals surface area (Å²) in [6.07, 6.45) is -4.37. The van der Waals surface area contributed by atoms with E-state index in [-0.39, 0.29) is 69.3 Å². The lowest BCUT2D eigenvalue weighted by atomic mass is 10.0. The van der Waals surface area contributed by atoms with Crippen molar-refractivity contribution < 1.29 is 41.0 Å². The summed E-state index contributed by atoms with van der Waals surface area (Å²) in [5, 5.41) is 9.53. The van der Waals surface area contributed by atoms with Crippen LogP contribution < -0.4 is 5.73 Å². The van der Waals surface area contributed by atoms with Crippen LogP contribution in [0.4, 0.5) is 26.3 Å². The van der Waals surface area contributed by atoms with E-state index in [1.807, 2.05) is 0 Å². The van der Waals surface area contributed by atoms with Gasteiger partial charge in [0.2, 0.25) is 11.7 Å². The number of carbonyl (C=O) groups is 2. The summed E-state index contributed by atoms with van der Waals surface area (Å²) >= 11 is 0. The summed E-state index contributed by atoms with van der Waals surface area (Å²) < 4.78 is 82.4. The molecule has 0 radical (unpaired) electrons. The second-order valence-corrected chi connectivity index (χ2v) is 9.20. The molecule has 3 heterocycles. The number of alkyl halides is 3. The van der Waals surface area contributed by atoms with Crippen LogP contribution in [0.3, 0.4) is 0 Å². The van der Waals surface area contributed by atoms with Crippen molar-refractivity contribution >= 4 is 24.2 Å². The van der Waals surface area contributed by atoms with Crippen LogP contribution in [0.1, 0.15) is 46.8 Å². The molecular weight excluding hydrogens is 544 g/mol. The average molecular weight is 570 g/mol. The summed E-state index contributed by atoms with van der Waals surface area (Å²) in [5.41, 5.74) is 5.20. The molecule has 0 spiro atoms. The van der Waals surface area contributed by atoms with Gasteiger partial charge >= 0.3 is 6.18 Å². The fraction of sp³-hybridized carbons (Fsp3) is 0.522. The second-order valence-electron chi connectivity index (χ2n) is 9.20. The van der Waals surface area contributed by atoms with Gasteiger partial charge in [-0.3, -0.25) is 9.59 Å². The number of fused-ring (bicyclic) bond motifs is 1. The maximum absolute atomic E-state index is 13.9. The van der Waals surface area contributed by atoms with Gasteiger partial charge in [-0.2, -0.15) is 13.2 Å². The molecule has 0 aliphatic carbocycles. The van der Waals surface area contributed by atoms with Crippen LogP contribution in [-0.4, -0.2) is 68.1 Å². The highest BCUT2D eigenvalue weighted by molar-refractivity contribution is 5.94. The number of nitrogens with two attached hydrogens (primary N) is 1. The Kier molecular flexibility index (Phi) is 8.99. The Morgan fingerprint density at radius 3 is 2.45 bits per heavy atom. The lowest BCUT2D eigenvalue weighted by Crippen LogP contribution is -2.43. The van der Waals surface area contributed by atoms with Crippen LogP contribution in [0.5, 0.6) is 0 Å². The summed E-state index contributed by atoms with van der Waals surface area (Å²) in [4.78, 5) is 32.1. The number of benzene rings is 1. The average Bonchev–Trinajstić information content (AvgIpc) is 3.46. The van der Waals surface area contributed by atoms with E-state index in [0.29, 0.717) is 25.0 Å². The molecule has 1 aromatic heterocycles. The zero-order valence-corrected chi connectivity index (χ0v) is 20.8. The van der Waals surface area contributed by atoms with E-state index in [4.69, 9.17) is 5.73 Å². The van der Waals surface area contributed by atoms with Gasteiger partial charge in [-0.25, -0.2) is 18.2 Å². The molecule has 2 aliphatic rings. The maximum Gasteiger partial charge on any atom is 0.449 e. The minimum Gasteiger partial charge on any atom is -0.394 e. The summed E-state index contributed by atoms with van der Waals surface area (Å²) in [7, 11) is 0. The van der Waals surface area contributed by atoms with Crippen LogP contribution in [0, 0.1) is 17.5 Å². The highest BCUT2D eigenvalue weighted by Gasteiger charge is 2.43. The van der Waals surface area contributed by atoms with E-state index in [9.17, 15) is 41.0 Å². The molecule has 0 unspecified atom stereocenters. The first-order valence-electron chi connectivity index (χ1n) is 11.7. The number of hydrogen-bond donors (Lipinski definition) is 2. The normalized spacial score (nSPS) is 18.3. The molecule has 0 bridgehead atoms. The lowest BCUT2D eigenvalue weighted by molar-refractivity contribution is -0.148. The number of rotatable bonds is 6. The first-order chi connectivity index (χ1) is 17.4. The molecule has 4 rings (SSSR count). The largest absolute Gasteiger partial charge is 0.449 e. The monoisotopic (exact) mass is 569 g/mol. The number of nitrogens with zero attached hydrogens (tertiary/aromatic N) is 4. The first kappa shape index (κ1) is 29.7. The van der Waals surface area contributed by atoms with Crippen molar-refractivity contribution in [3.63, 3.8) is 0 Å². The maximum atomic E-state index is 13.9. The van der Waals surface area contributed by atoms with Gasteiger partial charge in [0.15, 0.2) is 17.3 Å². The van der Waals surface area contributed by atoms with E-state index >= 15 is 0 Å². The Hall–Kier alpha value is -2.84. The van der Waals surface area contributed by atoms with Crippen molar-refractivity contribution in [2.45, 2.75) is 57.0 Å². The Morgan fingerprint density at radius 2 is 1.79 bits per heavy atom. The topological polar surface area (TPSA) is 105 Å². The van der Waals surface area contributed by atoms with Gasteiger partial charge in [0.1, 0.15) is 5.82 Å². The Morgan fingerprint density at radius 1 is 1.11 bits per heavy atom. The molecule has 210 valence electrons. The Labute approximate surface area is 219 Å². The molecule has 8 nitrogen and oxygen atoms in total. The van der Waals surface area contributed by atoms with Gasteiger partial charge in [-0.15, -0.1) is 12.4 Å². The molecular formula is C23H26ClF6N5O3. The predicted octanol–water partition coefficient (Wildman–Crippen LogP) is 2.64. The zero-order valence-electron chi connectivity index (χ0n) is 20.0. The smallest absolute Gasteiger partial charge is 0.394 e. The third kappa shape index (κ3) is 5.91. The number of likely N-dealkylation sites (tertiary alicyclic amines) is 1. The van der Waals surface area contributed by atoms with Crippen molar-refractivity contribution in [3.05, 3.63) is 52.4 Å². The van der Waals surface area contributed by atoms with Crippen molar-refractivity contribution in [1.29, 1.82) is 0 Å². The molecule has 3 N–H and O–H groups in total. The highest BCUT2D eigenvalue weighted by Crippen LogP contribution is 2.33. The molecule has 2 aromatic rings. The third-order valence-corrected chi connectivity index (χ3v) is 6.67. The van der Waals surface area contributed by atoms with Crippen molar-refractivity contribution in [1.82, 2.24) is 19.4 Å². The van der Waals surface area contributed by atoms with Crippen LogP contribution >= 0.6 is 12.4 Å². The molecule has 2 aliphatic heterocycles. The minimum atomic E-state index is -4.84. The third-order valence-electron chi connectivity index (χ3n) is 6.67. The number of halogens is 7. The van der Waals surface area contributed by atoms with Crippen LogP contribution in [0.15, 0.2) is 12.1 Å². The van der Waals surface area contributed by atoms with Crippen molar-refractivity contribution in [2.75, 3.05) is 19.7 Å². The number of amides is 2. The van der Waals surface area contributed by atoms with Crippen LogP contribution in [-0.2, 0) is 30.5 Å². The van der Waals surface area contributed by atoms with Gasteiger partial charge in [-0.1, -0.05) is 0 Å². The standard InChI is InChI=1S/C23H25F6N5O3.ClH/c24-15-9-17(26)16(25)7-12(15)6-13(30)8-19(36)32-4-5-34-18(10-32)20(31-22(34)23(27,28)29)21(37)33-3-1-2-14(33)11-35;/h7,9,13-14,35H,1-6,8,10-11,30H2;1H/t13-,14-;/m1./s1. The number of aliphatic hydroxyl groups is 1. The summed E-state index contributed by atoms with van der Waals surface area (Å²) in [6.45, 7) is -0.807. The molecule has 2 atom stereocenters. The van der Waals surface area contributed by atoms with Crippen molar-refractivity contribution in [2.24, 2.45) is 5.73 Å². The van der Waals surface area contributed by atoms with E-state index in [2.05, 4.69) is 4.98 Å². The number of aliphatic hydroxyl groups excluding tert-OH is 1. The Balaban J connectivity index is 0.00000400. The van der Waals surface area contributed by atoms with E-state index in [1.165, 1.54) is 9.80 Å². The molecule has 15 heteroatoms. The Bertz CT molecular complexity index is 1210. The fourth-order valence-corrected chi connectivity index (χ4v) is 4.83. The summed E-state index contributed by atoms with van der Waals surface area (Å²) in [6, 6.07) is -0.484. The molecule has 1 fully saturated rings. The van der Waals surface area contributed by atoms with Crippen LogP contribution in [0.2, 0.25) is 0 Å².